The Morgan fingerprint density at radius 1 is 1.50 bits per heavy atom. The smallest absolute Gasteiger partial charge is 0.224 e. The van der Waals surface area contributed by atoms with Gasteiger partial charge in [-0.1, -0.05) is 12.1 Å². The molecular formula is C14H20N2OS. The Labute approximate surface area is 113 Å². The third kappa shape index (κ3) is 3.67. The number of hydrogen-bond acceptors (Lipinski definition) is 3. The summed E-state index contributed by atoms with van der Waals surface area (Å²) in [7, 11) is 0. The number of amides is 1. The molecule has 0 heterocycles. The molecule has 1 aromatic rings. The van der Waals surface area contributed by atoms with Crippen molar-refractivity contribution in [3.05, 3.63) is 29.8 Å². The van der Waals surface area contributed by atoms with Gasteiger partial charge in [0.1, 0.15) is 0 Å². The largest absolute Gasteiger partial charge is 0.399 e. The van der Waals surface area contributed by atoms with E-state index in [0.29, 0.717) is 23.4 Å². The van der Waals surface area contributed by atoms with Crippen LogP contribution < -0.4 is 11.1 Å². The van der Waals surface area contributed by atoms with Crippen molar-refractivity contribution < 1.29 is 4.79 Å². The zero-order valence-electron chi connectivity index (χ0n) is 10.7. The molecule has 1 saturated carbocycles. The van der Waals surface area contributed by atoms with Crippen LogP contribution in [0, 0.1) is 0 Å². The van der Waals surface area contributed by atoms with Crippen molar-refractivity contribution in [2.24, 2.45) is 0 Å². The minimum absolute atomic E-state index is 0.104. The number of hydrogen-bond donors (Lipinski definition) is 2. The Morgan fingerprint density at radius 3 is 3.00 bits per heavy atom. The highest BCUT2D eigenvalue weighted by molar-refractivity contribution is 7.99. The first-order chi connectivity index (χ1) is 8.67. The molecule has 3 N–H and O–H groups in total. The molecule has 2 atom stereocenters. The fourth-order valence-electron chi connectivity index (χ4n) is 2.45. The van der Waals surface area contributed by atoms with Gasteiger partial charge in [0.25, 0.3) is 0 Å². The molecule has 18 heavy (non-hydrogen) atoms. The average molecular weight is 264 g/mol. The van der Waals surface area contributed by atoms with Gasteiger partial charge >= 0.3 is 0 Å². The molecule has 0 bridgehead atoms. The fourth-order valence-corrected chi connectivity index (χ4v) is 3.25. The van der Waals surface area contributed by atoms with E-state index in [2.05, 4.69) is 11.6 Å². The topological polar surface area (TPSA) is 55.1 Å². The maximum atomic E-state index is 11.9. The molecule has 2 unspecified atom stereocenters. The lowest BCUT2D eigenvalue weighted by molar-refractivity contribution is -0.121. The molecule has 1 fully saturated rings. The number of nitrogens with one attached hydrogen (secondary N) is 1. The van der Waals surface area contributed by atoms with Crippen LogP contribution >= 0.6 is 11.8 Å². The van der Waals surface area contributed by atoms with Crippen LogP contribution in [0.25, 0.3) is 0 Å². The predicted octanol–water partition coefficient (Wildman–Crippen LogP) is 2.21. The molecule has 1 aliphatic carbocycles. The first-order valence-corrected chi connectivity index (χ1v) is 7.62. The van der Waals surface area contributed by atoms with E-state index in [4.69, 9.17) is 5.73 Å². The van der Waals surface area contributed by atoms with Crippen LogP contribution in [0.1, 0.15) is 24.8 Å². The van der Waals surface area contributed by atoms with E-state index in [1.807, 2.05) is 36.0 Å². The second kappa shape index (κ2) is 6.14. The van der Waals surface area contributed by atoms with Crippen LogP contribution in [0.3, 0.4) is 0 Å². The number of anilines is 1. The molecule has 3 nitrogen and oxygen atoms in total. The van der Waals surface area contributed by atoms with Crippen LogP contribution in [0.2, 0.25) is 0 Å². The maximum absolute atomic E-state index is 11.9. The number of benzene rings is 1. The number of thioether (sulfide) groups is 1. The monoisotopic (exact) mass is 264 g/mol. The quantitative estimate of drug-likeness (QED) is 0.820. The lowest BCUT2D eigenvalue weighted by Gasteiger charge is -2.13. The molecule has 0 aromatic heterocycles. The average Bonchev–Trinajstić information content (AvgIpc) is 2.76. The summed E-state index contributed by atoms with van der Waals surface area (Å²) < 4.78 is 0. The summed E-state index contributed by atoms with van der Waals surface area (Å²) in [6.07, 6.45) is 5.98. The highest BCUT2D eigenvalue weighted by atomic mass is 32.2. The predicted molar refractivity (Wildman–Crippen MR) is 77.6 cm³/mol. The molecule has 1 amide bonds. The summed E-state index contributed by atoms with van der Waals surface area (Å²) in [6.45, 7) is 0. The first-order valence-electron chi connectivity index (χ1n) is 6.34. The Balaban J connectivity index is 1.82. The lowest BCUT2D eigenvalue weighted by atomic mass is 10.1. The number of rotatable bonds is 4. The van der Waals surface area contributed by atoms with Crippen molar-refractivity contribution >= 4 is 23.4 Å². The lowest BCUT2D eigenvalue weighted by Crippen LogP contribution is -2.34. The second-order valence-corrected chi connectivity index (χ2v) is 6.00. The number of carbonyl (C=O) groups is 1. The van der Waals surface area contributed by atoms with E-state index in [9.17, 15) is 4.79 Å². The van der Waals surface area contributed by atoms with Gasteiger partial charge in [0.05, 0.1) is 6.42 Å². The van der Waals surface area contributed by atoms with Crippen molar-refractivity contribution in [2.75, 3.05) is 12.0 Å². The SMILES string of the molecule is CSC1CCC(NC(=O)Cc2cccc(N)c2)C1. The maximum Gasteiger partial charge on any atom is 0.224 e. The van der Waals surface area contributed by atoms with Crippen molar-refractivity contribution in [1.82, 2.24) is 5.32 Å². The number of nitrogens with two attached hydrogens (primary N) is 1. The summed E-state index contributed by atoms with van der Waals surface area (Å²) >= 11 is 1.90. The van der Waals surface area contributed by atoms with Gasteiger partial charge in [-0.25, -0.2) is 0 Å². The molecule has 1 aromatic carbocycles. The van der Waals surface area contributed by atoms with E-state index in [0.717, 1.165) is 18.4 Å². The van der Waals surface area contributed by atoms with Gasteiger partial charge in [0.15, 0.2) is 0 Å². The van der Waals surface area contributed by atoms with Crippen LogP contribution in [0.4, 0.5) is 5.69 Å². The molecular weight excluding hydrogens is 244 g/mol. The number of carbonyl (C=O) groups excluding carboxylic acids is 1. The Morgan fingerprint density at radius 2 is 2.33 bits per heavy atom. The summed E-state index contributed by atoms with van der Waals surface area (Å²) in [5, 5.41) is 3.83. The van der Waals surface area contributed by atoms with Crippen LogP contribution in [-0.4, -0.2) is 23.5 Å². The normalized spacial score (nSPS) is 22.9. The van der Waals surface area contributed by atoms with Crippen LogP contribution in [0.5, 0.6) is 0 Å². The minimum Gasteiger partial charge on any atom is -0.399 e. The molecule has 0 spiro atoms. The van der Waals surface area contributed by atoms with Crippen LogP contribution in [0.15, 0.2) is 24.3 Å². The van der Waals surface area contributed by atoms with Crippen molar-refractivity contribution in [1.29, 1.82) is 0 Å². The van der Waals surface area contributed by atoms with Crippen molar-refractivity contribution in [2.45, 2.75) is 37.0 Å². The first kappa shape index (κ1) is 13.3. The van der Waals surface area contributed by atoms with E-state index in [-0.39, 0.29) is 5.91 Å². The molecule has 1 aliphatic rings. The molecule has 0 saturated heterocycles. The highest BCUT2D eigenvalue weighted by Gasteiger charge is 2.24. The van der Waals surface area contributed by atoms with Gasteiger partial charge < -0.3 is 11.1 Å². The summed E-state index contributed by atoms with van der Waals surface area (Å²) in [5.74, 6) is 0.104. The second-order valence-electron chi connectivity index (χ2n) is 4.86. The van der Waals surface area contributed by atoms with E-state index < -0.39 is 0 Å². The third-order valence-corrected chi connectivity index (χ3v) is 4.49. The zero-order valence-corrected chi connectivity index (χ0v) is 11.5. The summed E-state index contributed by atoms with van der Waals surface area (Å²) in [4.78, 5) is 11.9. The summed E-state index contributed by atoms with van der Waals surface area (Å²) in [6, 6.07) is 7.88. The van der Waals surface area contributed by atoms with E-state index in [1.165, 1.54) is 6.42 Å². The molecule has 4 heteroatoms. The van der Waals surface area contributed by atoms with E-state index >= 15 is 0 Å². The van der Waals surface area contributed by atoms with Gasteiger partial charge in [-0.3, -0.25) is 4.79 Å². The van der Waals surface area contributed by atoms with Gasteiger partial charge in [0.2, 0.25) is 5.91 Å². The van der Waals surface area contributed by atoms with Crippen molar-refractivity contribution in [3.63, 3.8) is 0 Å². The zero-order chi connectivity index (χ0) is 13.0. The van der Waals surface area contributed by atoms with Gasteiger partial charge in [-0.05, 0) is 43.2 Å². The molecule has 0 aliphatic heterocycles. The third-order valence-electron chi connectivity index (χ3n) is 3.40. The Kier molecular flexibility index (Phi) is 4.53. The molecule has 0 radical (unpaired) electrons. The van der Waals surface area contributed by atoms with Crippen LogP contribution in [-0.2, 0) is 11.2 Å². The minimum atomic E-state index is 0.104. The summed E-state index contributed by atoms with van der Waals surface area (Å²) in [5.41, 5.74) is 7.39. The fraction of sp³-hybridized carbons (Fsp3) is 0.500. The number of nitrogen functional groups attached to an aromatic ring is 1. The standard InChI is InChI=1S/C14H20N2OS/c1-18-13-6-5-12(9-13)16-14(17)8-10-3-2-4-11(15)7-10/h2-4,7,12-13H,5-6,8-9,15H2,1H3,(H,16,17). The van der Waals surface area contributed by atoms with Gasteiger partial charge in [-0.2, -0.15) is 11.8 Å². The van der Waals surface area contributed by atoms with Gasteiger partial charge in [0, 0.05) is 17.0 Å². The Bertz CT molecular complexity index is 422. The molecule has 98 valence electrons. The highest BCUT2D eigenvalue weighted by Crippen LogP contribution is 2.28. The van der Waals surface area contributed by atoms with Gasteiger partial charge in [-0.15, -0.1) is 0 Å². The van der Waals surface area contributed by atoms with E-state index in [1.54, 1.807) is 0 Å². The molecule has 2 rings (SSSR count). The van der Waals surface area contributed by atoms with Crippen molar-refractivity contribution in [3.8, 4) is 0 Å². The Hall–Kier alpha value is -1.16.